The summed E-state index contributed by atoms with van der Waals surface area (Å²) in [6.45, 7) is 11.4. The van der Waals surface area contributed by atoms with Crippen LogP contribution in [0.5, 0.6) is 0 Å². The molecule has 0 rings (SSSR count). The molecular formula is C56H108O6. The lowest BCUT2D eigenvalue weighted by Gasteiger charge is -2.18. The number of ether oxygens (including phenoxy) is 3. The van der Waals surface area contributed by atoms with Gasteiger partial charge in [0, 0.05) is 19.3 Å². The average molecular weight is 877 g/mol. The van der Waals surface area contributed by atoms with Crippen LogP contribution in [-0.4, -0.2) is 37.2 Å². The highest BCUT2D eigenvalue weighted by Gasteiger charge is 2.19. The Hall–Kier alpha value is -1.59. The van der Waals surface area contributed by atoms with E-state index in [-0.39, 0.29) is 31.1 Å². The smallest absolute Gasteiger partial charge is 0.306 e. The van der Waals surface area contributed by atoms with Crippen molar-refractivity contribution in [1.29, 1.82) is 0 Å². The number of rotatable bonds is 50. The number of carbonyl (C=O) groups is 3. The van der Waals surface area contributed by atoms with E-state index in [0.29, 0.717) is 19.3 Å². The zero-order valence-corrected chi connectivity index (χ0v) is 42.5. The Kier molecular flexibility index (Phi) is 47.6. The van der Waals surface area contributed by atoms with Crippen LogP contribution in [0, 0.1) is 11.8 Å². The van der Waals surface area contributed by atoms with Crippen LogP contribution in [0.3, 0.4) is 0 Å². The highest BCUT2D eigenvalue weighted by Crippen LogP contribution is 2.18. The van der Waals surface area contributed by atoms with Gasteiger partial charge in [-0.25, -0.2) is 0 Å². The van der Waals surface area contributed by atoms with Crippen LogP contribution in [0.25, 0.3) is 0 Å². The summed E-state index contributed by atoms with van der Waals surface area (Å²) in [5.74, 6) is 0.885. The van der Waals surface area contributed by atoms with Gasteiger partial charge in [-0.3, -0.25) is 14.4 Å². The zero-order valence-electron chi connectivity index (χ0n) is 42.5. The normalized spacial score (nSPS) is 12.5. The second kappa shape index (κ2) is 48.9. The van der Waals surface area contributed by atoms with Crippen LogP contribution in [0.1, 0.15) is 311 Å². The van der Waals surface area contributed by atoms with Gasteiger partial charge in [-0.05, 0) is 31.1 Å². The molecule has 62 heavy (non-hydrogen) atoms. The molecule has 0 aliphatic rings. The number of unbranched alkanes of at least 4 members (excludes halogenated alkanes) is 34. The first-order valence-electron chi connectivity index (χ1n) is 27.8. The summed E-state index contributed by atoms with van der Waals surface area (Å²) in [6.07, 6.45) is 50.8. The van der Waals surface area contributed by atoms with Crippen molar-refractivity contribution < 1.29 is 28.6 Å². The van der Waals surface area contributed by atoms with Crippen molar-refractivity contribution in [2.45, 2.75) is 317 Å². The van der Waals surface area contributed by atoms with E-state index in [4.69, 9.17) is 14.2 Å². The molecule has 0 aliphatic carbocycles. The summed E-state index contributed by atoms with van der Waals surface area (Å²) in [7, 11) is 0. The molecule has 0 aromatic heterocycles. The summed E-state index contributed by atoms with van der Waals surface area (Å²) in [5.41, 5.74) is 0. The van der Waals surface area contributed by atoms with E-state index < -0.39 is 6.10 Å². The van der Waals surface area contributed by atoms with Crippen molar-refractivity contribution in [1.82, 2.24) is 0 Å². The van der Waals surface area contributed by atoms with Crippen LogP contribution in [0.4, 0.5) is 0 Å². The minimum atomic E-state index is -0.762. The van der Waals surface area contributed by atoms with Gasteiger partial charge in [0.25, 0.3) is 0 Å². The van der Waals surface area contributed by atoms with Crippen molar-refractivity contribution in [2.75, 3.05) is 13.2 Å². The van der Waals surface area contributed by atoms with Gasteiger partial charge in [-0.1, -0.05) is 272 Å². The largest absolute Gasteiger partial charge is 0.462 e. The summed E-state index contributed by atoms with van der Waals surface area (Å²) in [6, 6.07) is 0. The lowest BCUT2D eigenvalue weighted by Crippen LogP contribution is -2.30. The third kappa shape index (κ3) is 47.9. The molecule has 0 radical (unpaired) electrons. The van der Waals surface area contributed by atoms with E-state index >= 15 is 0 Å². The molecule has 0 amide bonds. The van der Waals surface area contributed by atoms with Gasteiger partial charge in [0.1, 0.15) is 13.2 Å². The fourth-order valence-electron chi connectivity index (χ4n) is 8.49. The van der Waals surface area contributed by atoms with Crippen LogP contribution in [0.2, 0.25) is 0 Å². The molecule has 0 fully saturated rings. The molecule has 2 atom stereocenters. The highest BCUT2D eigenvalue weighted by molar-refractivity contribution is 5.71. The molecule has 0 aromatic carbocycles. The molecular weight excluding hydrogens is 769 g/mol. The molecule has 1 unspecified atom stereocenters. The van der Waals surface area contributed by atoms with Crippen molar-refractivity contribution >= 4 is 17.9 Å². The summed E-state index contributed by atoms with van der Waals surface area (Å²) < 4.78 is 16.8. The van der Waals surface area contributed by atoms with Gasteiger partial charge in [0.2, 0.25) is 0 Å². The maximum atomic E-state index is 12.8. The molecule has 0 saturated carbocycles. The van der Waals surface area contributed by atoms with Crippen LogP contribution in [-0.2, 0) is 28.6 Å². The Bertz CT molecular complexity index is 949. The predicted octanol–water partition coefficient (Wildman–Crippen LogP) is 18.1. The minimum absolute atomic E-state index is 0.0631. The maximum Gasteiger partial charge on any atom is 0.306 e. The molecule has 0 N–H and O–H groups in total. The predicted molar refractivity (Wildman–Crippen MR) is 266 cm³/mol. The molecule has 0 saturated heterocycles. The van der Waals surface area contributed by atoms with Gasteiger partial charge in [-0.2, -0.15) is 0 Å². The molecule has 0 bridgehead atoms. The first-order valence-corrected chi connectivity index (χ1v) is 27.8. The molecule has 0 spiro atoms. The number of hydrogen-bond acceptors (Lipinski definition) is 6. The van der Waals surface area contributed by atoms with Crippen molar-refractivity contribution in [3.8, 4) is 0 Å². The zero-order chi connectivity index (χ0) is 45.4. The van der Waals surface area contributed by atoms with E-state index in [9.17, 15) is 14.4 Å². The Morgan fingerprint density at radius 1 is 0.339 bits per heavy atom. The Morgan fingerprint density at radius 3 is 0.919 bits per heavy atom. The molecule has 0 aliphatic heterocycles. The van der Waals surface area contributed by atoms with Gasteiger partial charge in [0.05, 0.1) is 0 Å². The third-order valence-electron chi connectivity index (χ3n) is 13.1. The lowest BCUT2D eigenvalue weighted by atomic mass is 9.99. The third-order valence-corrected chi connectivity index (χ3v) is 13.1. The number of hydrogen-bond donors (Lipinski definition) is 0. The number of esters is 3. The van der Waals surface area contributed by atoms with E-state index in [1.807, 2.05) is 0 Å². The van der Waals surface area contributed by atoms with Crippen LogP contribution < -0.4 is 0 Å². The summed E-state index contributed by atoms with van der Waals surface area (Å²) in [4.78, 5) is 38.0. The first-order chi connectivity index (χ1) is 30.3. The fourth-order valence-corrected chi connectivity index (χ4v) is 8.49. The van der Waals surface area contributed by atoms with E-state index in [1.165, 1.54) is 199 Å². The van der Waals surface area contributed by atoms with Crippen molar-refractivity contribution in [3.05, 3.63) is 0 Å². The Morgan fingerprint density at radius 2 is 0.613 bits per heavy atom. The number of carbonyl (C=O) groups excluding carboxylic acids is 3. The molecule has 6 nitrogen and oxygen atoms in total. The summed E-state index contributed by atoms with van der Waals surface area (Å²) in [5, 5.41) is 0. The van der Waals surface area contributed by atoms with E-state index in [2.05, 4.69) is 34.6 Å². The highest BCUT2D eigenvalue weighted by atomic mass is 16.6. The van der Waals surface area contributed by atoms with Gasteiger partial charge in [-0.15, -0.1) is 0 Å². The fraction of sp³-hybridized carbons (Fsp3) is 0.946. The van der Waals surface area contributed by atoms with Crippen LogP contribution >= 0.6 is 0 Å². The van der Waals surface area contributed by atoms with E-state index in [0.717, 1.165) is 69.6 Å². The molecule has 0 heterocycles. The monoisotopic (exact) mass is 877 g/mol. The SMILES string of the molecule is CCCCCCCCCCCCCC(=O)OC[C@H](COC(=O)CCCCCCCCCCCCCCC(C)C)OC(=O)CCCCCCCCCCCCCCCCC(C)CC. The standard InChI is InChI=1S/C56H108O6/c1-6-8-9-10-11-12-19-26-31-36-41-46-54(57)60-49-53(50-61-55(58)47-42-37-32-27-22-18-17-20-24-29-34-39-44-51(3)4)62-56(59)48-43-38-33-28-23-16-14-13-15-21-25-30-35-40-45-52(5)7-2/h51-53H,6-50H2,1-5H3/t52?,53-/m1/s1. The average Bonchev–Trinajstić information content (AvgIpc) is 3.26. The lowest BCUT2D eigenvalue weighted by molar-refractivity contribution is -0.167. The Labute approximate surface area is 387 Å². The first kappa shape index (κ1) is 60.4. The molecule has 0 aromatic rings. The van der Waals surface area contributed by atoms with Gasteiger partial charge >= 0.3 is 17.9 Å². The van der Waals surface area contributed by atoms with Crippen molar-refractivity contribution in [3.63, 3.8) is 0 Å². The van der Waals surface area contributed by atoms with Gasteiger partial charge in [0.15, 0.2) is 6.10 Å². The topological polar surface area (TPSA) is 78.9 Å². The second-order valence-electron chi connectivity index (χ2n) is 19.9. The molecule has 6 heteroatoms. The molecule has 368 valence electrons. The van der Waals surface area contributed by atoms with Crippen LogP contribution in [0.15, 0.2) is 0 Å². The van der Waals surface area contributed by atoms with Crippen molar-refractivity contribution in [2.24, 2.45) is 11.8 Å². The second-order valence-corrected chi connectivity index (χ2v) is 19.9. The quantitative estimate of drug-likeness (QED) is 0.0344. The van der Waals surface area contributed by atoms with Gasteiger partial charge < -0.3 is 14.2 Å². The minimum Gasteiger partial charge on any atom is -0.462 e. The Balaban J connectivity index is 4.28. The van der Waals surface area contributed by atoms with E-state index in [1.54, 1.807) is 0 Å². The summed E-state index contributed by atoms with van der Waals surface area (Å²) >= 11 is 0. The maximum absolute atomic E-state index is 12.8.